The molecule has 0 amide bonds. The molecule has 0 aliphatic rings. The minimum atomic E-state index is -0.157. The number of hydrogen-bond donors (Lipinski definition) is 1. The van der Waals surface area contributed by atoms with E-state index in [1.54, 1.807) is 0 Å². The van der Waals surface area contributed by atoms with Gasteiger partial charge in [0.2, 0.25) is 0 Å². The van der Waals surface area contributed by atoms with Gasteiger partial charge in [-0.1, -0.05) is 35.8 Å². The Morgan fingerprint density at radius 3 is 2.53 bits per heavy atom. The van der Waals surface area contributed by atoms with Crippen LogP contribution in [-0.2, 0) is 6.54 Å². The first-order chi connectivity index (χ1) is 8.88. The summed E-state index contributed by atoms with van der Waals surface area (Å²) in [6, 6.07) is 5.61. The van der Waals surface area contributed by atoms with Gasteiger partial charge >= 0.3 is 0 Å². The molecule has 0 aliphatic carbocycles. The second-order valence-corrected chi connectivity index (χ2v) is 6.62. The predicted octanol–water partition coefficient (Wildman–Crippen LogP) is 3.65. The molecule has 4 heteroatoms. The van der Waals surface area contributed by atoms with E-state index in [-0.39, 0.29) is 5.82 Å². The highest BCUT2D eigenvalue weighted by atomic mass is 79.9. The lowest BCUT2D eigenvalue weighted by molar-refractivity contribution is 0.304. The monoisotopic (exact) mass is 330 g/mol. The highest BCUT2D eigenvalue weighted by Gasteiger charge is 2.12. The molecule has 108 valence electrons. The Labute approximate surface area is 124 Å². The fourth-order valence-electron chi connectivity index (χ4n) is 2.15. The first kappa shape index (κ1) is 16.6. The van der Waals surface area contributed by atoms with Crippen molar-refractivity contribution in [2.45, 2.75) is 32.9 Å². The van der Waals surface area contributed by atoms with Gasteiger partial charge in [0, 0.05) is 29.2 Å². The Balaban J connectivity index is 2.59. The molecule has 1 N–H and O–H groups in total. The average molecular weight is 331 g/mol. The maximum absolute atomic E-state index is 13.7. The van der Waals surface area contributed by atoms with Crippen LogP contribution in [0.2, 0.25) is 0 Å². The number of halogens is 2. The molecule has 2 nitrogen and oxygen atoms in total. The quantitative estimate of drug-likeness (QED) is 0.820. The largest absolute Gasteiger partial charge is 0.309 e. The van der Waals surface area contributed by atoms with Crippen LogP contribution >= 0.6 is 15.9 Å². The van der Waals surface area contributed by atoms with Crippen molar-refractivity contribution in [1.29, 1.82) is 0 Å². The molecule has 0 saturated carbocycles. The maximum Gasteiger partial charge on any atom is 0.128 e. The SMILES string of the molecule is CC(C)CC(CN(C)C)NCc1ccc(Br)cc1F. The molecular formula is C15H24BrFN2. The van der Waals surface area contributed by atoms with Crippen molar-refractivity contribution in [3.05, 3.63) is 34.1 Å². The second kappa shape index (κ2) is 7.98. The van der Waals surface area contributed by atoms with E-state index in [4.69, 9.17) is 0 Å². The van der Waals surface area contributed by atoms with E-state index in [9.17, 15) is 4.39 Å². The first-order valence-electron chi connectivity index (χ1n) is 6.70. The summed E-state index contributed by atoms with van der Waals surface area (Å²) in [4.78, 5) is 2.16. The third kappa shape index (κ3) is 6.50. The molecule has 0 fully saturated rings. The maximum atomic E-state index is 13.7. The summed E-state index contributed by atoms with van der Waals surface area (Å²) >= 11 is 3.27. The van der Waals surface area contributed by atoms with Crippen molar-refractivity contribution >= 4 is 15.9 Å². The molecule has 0 heterocycles. The summed E-state index contributed by atoms with van der Waals surface area (Å²) in [5.74, 6) is 0.474. The number of nitrogens with one attached hydrogen (secondary N) is 1. The van der Waals surface area contributed by atoms with Gasteiger partial charge in [0.1, 0.15) is 5.82 Å². The summed E-state index contributed by atoms with van der Waals surface area (Å²) in [5, 5.41) is 3.46. The zero-order valence-corrected chi connectivity index (χ0v) is 13.8. The van der Waals surface area contributed by atoms with Gasteiger partial charge in [-0.15, -0.1) is 0 Å². The molecule has 1 unspecified atom stereocenters. The summed E-state index contributed by atoms with van der Waals surface area (Å²) in [6.07, 6.45) is 1.09. The lowest BCUT2D eigenvalue weighted by Gasteiger charge is -2.24. The fourth-order valence-corrected chi connectivity index (χ4v) is 2.48. The Hall–Kier alpha value is -0.450. The zero-order chi connectivity index (χ0) is 14.4. The normalized spacial score (nSPS) is 13.3. The molecule has 0 radical (unpaired) electrons. The van der Waals surface area contributed by atoms with Crippen molar-refractivity contribution in [2.24, 2.45) is 5.92 Å². The molecular weight excluding hydrogens is 307 g/mol. The Morgan fingerprint density at radius 2 is 2.00 bits per heavy atom. The Kier molecular flexibility index (Phi) is 6.97. The molecule has 0 aromatic heterocycles. The average Bonchev–Trinajstić information content (AvgIpc) is 2.25. The number of likely N-dealkylation sites (N-methyl/N-ethyl adjacent to an activating group) is 1. The summed E-state index contributed by atoms with van der Waals surface area (Å²) < 4.78 is 14.5. The third-order valence-electron chi connectivity index (χ3n) is 2.94. The van der Waals surface area contributed by atoms with Gasteiger partial charge < -0.3 is 10.2 Å². The predicted molar refractivity (Wildman–Crippen MR) is 82.7 cm³/mol. The van der Waals surface area contributed by atoms with E-state index >= 15 is 0 Å². The van der Waals surface area contributed by atoms with Crippen LogP contribution in [0, 0.1) is 11.7 Å². The van der Waals surface area contributed by atoms with Crippen molar-refractivity contribution in [1.82, 2.24) is 10.2 Å². The molecule has 1 rings (SSSR count). The van der Waals surface area contributed by atoms with Crippen LogP contribution < -0.4 is 5.32 Å². The van der Waals surface area contributed by atoms with E-state index < -0.39 is 0 Å². The second-order valence-electron chi connectivity index (χ2n) is 5.71. The molecule has 19 heavy (non-hydrogen) atoms. The van der Waals surface area contributed by atoms with E-state index in [0.717, 1.165) is 23.0 Å². The third-order valence-corrected chi connectivity index (χ3v) is 3.43. The minimum Gasteiger partial charge on any atom is -0.309 e. The lowest BCUT2D eigenvalue weighted by atomic mass is 10.0. The van der Waals surface area contributed by atoms with Gasteiger partial charge in [0.15, 0.2) is 0 Å². The van der Waals surface area contributed by atoms with Crippen LogP contribution in [0.5, 0.6) is 0 Å². The van der Waals surface area contributed by atoms with Gasteiger partial charge in [-0.05, 0) is 38.6 Å². The fraction of sp³-hybridized carbons (Fsp3) is 0.600. The molecule has 0 bridgehead atoms. The van der Waals surface area contributed by atoms with Gasteiger partial charge in [0.05, 0.1) is 0 Å². The molecule has 0 saturated heterocycles. The minimum absolute atomic E-state index is 0.157. The summed E-state index contributed by atoms with van der Waals surface area (Å²) in [5.41, 5.74) is 0.718. The number of rotatable bonds is 7. The van der Waals surface area contributed by atoms with Gasteiger partial charge in [-0.3, -0.25) is 0 Å². The first-order valence-corrected chi connectivity index (χ1v) is 7.49. The van der Waals surface area contributed by atoms with Gasteiger partial charge in [0.25, 0.3) is 0 Å². The van der Waals surface area contributed by atoms with Gasteiger partial charge in [-0.25, -0.2) is 4.39 Å². The Bertz CT molecular complexity index is 384. The van der Waals surface area contributed by atoms with Crippen molar-refractivity contribution in [3.63, 3.8) is 0 Å². The number of nitrogens with zero attached hydrogens (tertiary/aromatic N) is 1. The van der Waals surface area contributed by atoms with Crippen molar-refractivity contribution < 1.29 is 4.39 Å². The number of hydrogen-bond acceptors (Lipinski definition) is 2. The topological polar surface area (TPSA) is 15.3 Å². The lowest BCUT2D eigenvalue weighted by Crippen LogP contribution is -2.39. The molecule has 1 aromatic carbocycles. The van der Waals surface area contributed by atoms with Crippen molar-refractivity contribution in [2.75, 3.05) is 20.6 Å². The van der Waals surface area contributed by atoms with Crippen LogP contribution in [0.15, 0.2) is 22.7 Å². The van der Waals surface area contributed by atoms with Crippen LogP contribution in [-0.4, -0.2) is 31.6 Å². The summed E-state index contributed by atoms with van der Waals surface area (Å²) in [6.45, 7) is 5.97. The molecule has 0 spiro atoms. The highest BCUT2D eigenvalue weighted by molar-refractivity contribution is 9.10. The number of benzene rings is 1. The molecule has 0 aliphatic heterocycles. The highest BCUT2D eigenvalue weighted by Crippen LogP contribution is 2.15. The smallest absolute Gasteiger partial charge is 0.128 e. The van der Waals surface area contributed by atoms with Crippen LogP contribution in [0.1, 0.15) is 25.8 Å². The van der Waals surface area contributed by atoms with E-state index in [0.29, 0.717) is 18.5 Å². The van der Waals surface area contributed by atoms with Crippen LogP contribution in [0.3, 0.4) is 0 Å². The molecule has 1 atom stereocenters. The van der Waals surface area contributed by atoms with Crippen LogP contribution in [0.4, 0.5) is 4.39 Å². The van der Waals surface area contributed by atoms with E-state index in [1.807, 2.05) is 12.1 Å². The Morgan fingerprint density at radius 1 is 1.32 bits per heavy atom. The molecule has 1 aromatic rings. The van der Waals surface area contributed by atoms with Crippen LogP contribution in [0.25, 0.3) is 0 Å². The zero-order valence-electron chi connectivity index (χ0n) is 12.2. The standard InChI is InChI=1S/C15H24BrFN2/c1-11(2)7-14(10-19(3)4)18-9-12-5-6-13(16)8-15(12)17/h5-6,8,11,14,18H,7,9-10H2,1-4H3. The van der Waals surface area contributed by atoms with E-state index in [2.05, 4.69) is 54.1 Å². The van der Waals surface area contributed by atoms with Gasteiger partial charge in [-0.2, -0.15) is 0 Å². The van der Waals surface area contributed by atoms with E-state index in [1.165, 1.54) is 6.07 Å². The summed E-state index contributed by atoms with van der Waals surface area (Å²) in [7, 11) is 4.13. The van der Waals surface area contributed by atoms with Crippen molar-refractivity contribution in [3.8, 4) is 0 Å².